The van der Waals surface area contributed by atoms with Gasteiger partial charge in [-0.15, -0.1) is 0 Å². The Kier molecular flexibility index (Phi) is 6.79. The number of imidazole rings is 1. The van der Waals surface area contributed by atoms with Crippen LogP contribution < -0.4 is 5.32 Å². The largest absolute Gasteiger partial charge is 0.426 e. The van der Waals surface area contributed by atoms with Crippen LogP contribution in [0.25, 0.3) is 22.5 Å². The molecule has 2 N–H and O–H groups in total. The highest BCUT2D eigenvalue weighted by atomic mass is 19.3. The van der Waals surface area contributed by atoms with Crippen LogP contribution in [0.3, 0.4) is 0 Å². The molecule has 5 nitrogen and oxygen atoms in total. The van der Waals surface area contributed by atoms with Gasteiger partial charge in [-0.3, -0.25) is 4.79 Å². The predicted octanol–water partition coefficient (Wildman–Crippen LogP) is 8.26. The molecule has 0 spiro atoms. The molecule has 1 aliphatic rings. The number of rotatable bonds is 7. The van der Waals surface area contributed by atoms with Crippen molar-refractivity contribution >= 4 is 11.6 Å². The molecule has 0 saturated heterocycles. The van der Waals surface area contributed by atoms with Gasteiger partial charge in [0.2, 0.25) is 0 Å². The summed E-state index contributed by atoms with van der Waals surface area (Å²) in [6.07, 6.45) is 0.997. The summed E-state index contributed by atoms with van der Waals surface area (Å²) in [6, 6.07) is 18.0. The Labute approximate surface area is 227 Å². The first-order valence-electron chi connectivity index (χ1n) is 13.3. The Morgan fingerprint density at radius 3 is 2.28 bits per heavy atom. The number of amides is 1. The summed E-state index contributed by atoms with van der Waals surface area (Å²) in [6.45, 7) is 9.98. The van der Waals surface area contributed by atoms with E-state index in [0.29, 0.717) is 24.1 Å². The summed E-state index contributed by atoms with van der Waals surface area (Å²) in [5.41, 5.74) is 6.55. The summed E-state index contributed by atoms with van der Waals surface area (Å²) in [4.78, 5) is 17.8. The van der Waals surface area contributed by atoms with Crippen LogP contribution in [0.5, 0.6) is 0 Å². The van der Waals surface area contributed by atoms with Crippen LogP contribution in [0.15, 0.2) is 60.7 Å². The number of nitrogens with one attached hydrogen (secondary N) is 1. The molecule has 39 heavy (non-hydrogen) atoms. The molecule has 1 saturated carbocycles. The molecule has 1 heterocycles. The van der Waals surface area contributed by atoms with E-state index in [1.807, 2.05) is 18.2 Å². The monoisotopic (exact) mass is 529 g/mol. The lowest BCUT2D eigenvalue weighted by molar-refractivity contribution is -0.0285. The second-order valence-corrected chi connectivity index (χ2v) is 10.9. The van der Waals surface area contributed by atoms with Gasteiger partial charge in [-0.2, -0.15) is 4.73 Å². The number of carbonyl (C=O) groups is 1. The highest BCUT2D eigenvalue weighted by Gasteiger charge is 2.48. The molecule has 0 aliphatic heterocycles. The number of aromatic nitrogens is 2. The van der Waals surface area contributed by atoms with E-state index in [9.17, 15) is 18.8 Å². The van der Waals surface area contributed by atoms with Crippen molar-refractivity contribution in [2.45, 2.75) is 59.3 Å². The van der Waals surface area contributed by atoms with Gasteiger partial charge in [-0.25, -0.2) is 13.8 Å². The van der Waals surface area contributed by atoms with Crippen molar-refractivity contribution in [1.82, 2.24) is 9.71 Å². The number of hydrogen-bond donors (Lipinski definition) is 2. The molecular weight excluding hydrogens is 496 g/mol. The molecule has 202 valence electrons. The van der Waals surface area contributed by atoms with Gasteiger partial charge in [0.05, 0.1) is 5.69 Å². The van der Waals surface area contributed by atoms with Gasteiger partial charge >= 0.3 is 0 Å². The molecule has 5 rings (SSSR count). The zero-order chi connectivity index (χ0) is 28.1. The Bertz CT molecular complexity index is 1550. The van der Waals surface area contributed by atoms with Gasteiger partial charge in [0, 0.05) is 22.7 Å². The Morgan fingerprint density at radius 2 is 1.64 bits per heavy atom. The van der Waals surface area contributed by atoms with Crippen molar-refractivity contribution in [3.05, 3.63) is 94.3 Å². The van der Waals surface area contributed by atoms with Crippen molar-refractivity contribution in [2.24, 2.45) is 5.92 Å². The molecule has 1 aromatic heterocycles. The maximum atomic E-state index is 14.6. The standard InChI is InChI=1S/C32H33F2N3O2/c1-18(2)22-14-23(28-19(3)8-6-9-20(28)4)16-24(15-22)30-35-21(5)29(37(30)39)31(38)36-27-11-7-10-26(17-27)32(33,34)25-12-13-25/h6-11,14-18,25,39H,12-13H2,1-5H3,(H,36,38). The summed E-state index contributed by atoms with van der Waals surface area (Å²) in [7, 11) is 0. The van der Waals surface area contributed by atoms with E-state index in [1.54, 1.807) is 13.0 Å². The highest BCUT2D eigenvalue weighted by Crippen LogP contribution is 2.50. The second kappa shape index (κ2) is 9.95. The van der Waals surface area contributed by atoms with Gasteiger partial charge < -0.3 is 10.5 Å². The smallest absolute Gasteiger partial charge is 0.277 e. The van der Waals surface area contributed by atoms with Gasteiger partial charge in [0.1, 0.15) is 0 Å². The fourth-order valence-corrected chi connectivity index (χ4v) is 5.17. The van der Waals surface area contributed by atoms with Crippen LogP contribution in [0, 0.1) is 26.7 Å². The van der Waals surface area contributed by atoms with E-state index in [0.717, 1.165) is 32.5 Å². The molecule has 4 aromatic rings. The Morgan fingerprint density at radius 1 is 1.00 bits per heavy atom. The molecular formula is C32H33F2N3O2. The van der Waals surface area contributed by atoms with Crippen LogP contribution in [0.2, 0.25) is 0 Å². The number of carbonyl (C=O) groups excluding carboxylic acids is 1. The van der Waals surface area contributed by atoms with Gasteiger partial charge in [0.25, 0.3) is 11.8 Å². The van der Waals surface area contributed by atoms with Crippen molar-refractivity contribution in [2.75, 3.05) is 5.32 Å². The second-order valence-electron chi connectivity index (χ2n) is 10.9. The minimum atomic E-state index is -2.93. The molecule has 1 aliphatic carbocycles. The van der Waals surface area contributed by atoms with Crippen LogP contribution in [0.4, 0.5) is 14.5 Å². The number of nitrogens with zero attached hydrogens (tertiary/aromatic N) is 2. The predicted molar refractivity (Wildman–Crippen MR) is 150 cm³/mol. The van der Waals surface area contributed by atoms with Crippen molar-refractivity contribution in [3.8, 4) is 22.5 Å². The zero-order valence-corrected chi connectivity index (χ0v) is 22.8. The number of hydrogen-bond acceptors (Lipinski definition) is 3. The van der Waals surface area contributed by atoms with Gasteiger partial charge in [-0.05, 0) is 91.6 Å². The van der Waals surface area contributed by atoms with Crippen molar-refractivity contribution < 1.29 is 18.8 Å². The molecule has 0 radical (unpaired) electrons. The fourth-order valence-electron chi connectivity index (χ4n) is 5.17. The number of halogens is 2. The molecule has 1 amide bonds. The molecule has 1 fully saturated rings. The number of aryl methyl sites for hydroxylation is 3. The maximum absolute atomic E-state index is 14.6. The highest BCUT2D eigenvalue weighted by molar-refractivity contribution is 6.04. The topological polar surface area (TPSA) is 67.2 Å². The lowest BCUT2D eigenvalue weighted by Gasteiger charge is -2.17. The van der Waals surface area contributed by atoms with E-state index in [4.69, 9.17) is 0 Å². The van der Waals surface area contributed by atoms with Crippen molar-refractivity contribution in [3.63, 3.8) is 0 Å². The Hall–Kier alpha value is -4.00. The van der Waals surface area contributed by atoms with Crippen LogP contribution >= 0.6 is 0 Å². The maximum Gasteiger partial charge on any atom is 0.277 e. The van der Waals surface area contributed by atoms with Gasteiger partial charge in [0.15, 0.2) is 11.5 Å². The molecule has 7 heteroatoms. The number of alkyl halides is 2. The SMILES string of the molecule is Cc1cccc(C)c1-c1cc(-c2nc(C)c(C(=O)Nc3cccc(C(F)(F)C4CC4)c3)n2O)cc(C(C)C)c1. The van der Waals surface area contributed by atoms with E-state index < -0.39 is 17.7 Å². The summed E-state index contributed by atoms with van der Waals surface area (Å²) in [5.74, 6) is -3.75. The fraction of sp³-hybridized carbons (Fsp3) is 0.312. The first-order valence-corrected chi connectivity index (χ1v) is 13.3. The van der Waals surface area contributed by atoms with Crippen molar-refractivity contribution in [1.29, 1.82) is 0 Å². The van der Waals surface area contributed by atoms with E-state index in [2.05, 4.69) is 56.2 Å². The first kappa shape index (κ1) is 26.6. The van der Waals surface area contributed by atoms with Crippen LogP contribution in [0.1, 0.15) is 71.0 Å². The summed E-state index contributed by atoms with van der Waals surface area (Å²) in [5, 5.41) is 13.8. The number of anilines is 1. The van der Waals surface area contributed by atoms with E-state index in [1.165, 1.54) is 18.2 Å². The number of benzene rings is 3. The molecule has 3 aromatic carbocycles. The lowest BCUT2D eigenvalue weighted by Crippen LogP contribution is -2.19. The quantitative estimate of drug-likeness (QED) is 0.237. The molecule has 0 unspecified atom stereocenters. The van der Waals surface area contributed by atoms with E-state index in [-0.39, 0.29) is 28.7 Å². The van der Waals surface area contributed by atoms with Crippen LogP contribution in [-0.2, 0) is 5.92 Å². The summed E-state index contributed by atoms with van der Waals surface area (Å²) >= 11 is 0. The first-order chi connectivity index (χ1) is 18.5. The average Bonchev–Trinajstić information content (AvgIpc) is 3.69. The van der Waals surface area contributed by atoms with Crippen LogP contribution in [-0.4, -0.2) is 20.8 Å². The average molecular weight is 530 g/mol. The Balaban J connectivity index is 1.51. The normalized spacial score (nSPS) is 13.6. The zero-order valence-electron chi connectivity index (χ0n) is 22.8. The minimum Gasteiger partial charge on any atom is -0.426 e. The minimum absolute atomic E-state index is 0.0482. The lowest BCUT2D eigenvalue weighted by atomic mass is 9.90. The molecule has 0 atom stereocenters. The molecule has 0 bridgehead atoms. The third-order valence-electron chi connectivity index (χ3n) is 7.49. The third kappa shape index (κ3) is 5.05. The third-order valence-corrected chi connectivity index (χ3v) is 7.49. The summed E-state index contributed by atoms with van der Waals surface area (Å²) < 4.78 is 30.0. The van der Waals surface area contributed by atoms with E-state index >= 15 is 0 Å². The van der Waals surface area contributed by atoms with Gasteiger partial charge in [-0.1, -0.05) is 50.2 Å².